The SMILES string of the molecule is CC(C=CC=C(C)C=CC1=C(C)CC(O)CC1(C)C)=CC=CC=C(C)C=CC=C(C)CCC1=C(C)CCCC1(C)C. The molecule has 0 radical (unpaired) electrons. The second-order valence-electron chi connectivity index (χ2n) is 13.8. The van der Waals surface area contributed by atoms with E-state index in [0.29, 0.717) is 5.41 Å². The van der Waals surface area contributed by atoms with E-state index in [1.54, 1.807) is 11.1 Å². The molecule has 1 unspecified atom stereocenters. The number of aliphatic hydroxyl groups is 1. The maximum absolute atomic E-state index is 10.1. The molecule has 0 spiro atoms. The predicted molar refractivity (Wildman–Crippen MR) is 183 cm³/mol. The Balaban J connectivity index is 1.85. The Morgan fingerprint density at radius 1 is 0.756 bits per heavy atom. The van der Waals surface area contributed by atoms with Gasteiger partial charge in [-0.15, -0.1) is 0 Å². The van der Waals surface area contributed by atoms with Crippen molar-refractivity contribution in [1.82, 2.24) is 0 Å². The Bertz CT molecular complexity index is 1210. The van der Waals surface area contributed by atoms with Gasteiger partial charge in [0.05, 0.1) is 6.10 Å². The van der Waals surface area contributed by atoms with Gasteiger partial charge in [0.2, 0.25) is 0 Å². The zero-order chi connectivity index (χ0) is 30.6. The van der Waals surface area contributed by atoms with Crippen LogP contribution < -0.4 is 0 Å². The monoisotopic (exact) mass is 554 g/mol. The third-order valence-electron chi connectivity index (χ3n) is 8.73. The number of rotatable bonds is 11. The van der Waals surface area contributed by atoms with Crippen molar-refractivity contribution in [3.63, 3.8) is 0 Å². The van der Waals surface area contributed by atoms with Crippen molar-refractivity contribution in [2.45, 2.75) is 120 Å². The molecule has 0 saturated heterocycles. The molecule has 0 bridgehead atoms. The van der Waals surface area contributed by atoms with E-state index < -0.39 is 0 Å². The van der Waals surface area contributed by atoms with Gasteiger partial charge in [0, 0.05) is 0 Å². The van der Waals surface area contributed by atoms with Gasteiger partial charge in [-0.25, -0.2) is 0 Å². The fourth-order valence-corrected chi connectivity index (χ4v) is 6.32. The highest BCUT2D eigenvalue weighted by atomic mass is 16.3. The molecule has 2 aliphatic carbocycles. The number of aliphatic hydroxyl groups excluding tert-OH is 1. The summed E-state index contributed by atoms with van der Waals surface area (Å²) in [5, 5.41) is 10.1. The van der Waals surface area contributed by atoms with Gasteiger partial charge in [0.15, 0.2) is 0 Å². The molecule has 0 aliphatic heterocycles. The summed E-state index contributed by atoms with van der Waals surface area (Å²) in [6.45, 7) is 22.4. The summed E-state index contributed by atoms with van der Waals surface area (Å²) in [4.78, 5) is 0. The summed E-state index contributed by atoms with van der Waals surface area (Å²) < 4.78 is 0. The normalized spacial score (nSPS) is 23.3. The van der Waals surface area contributed by atoms with E-state index in [1.807, 2.05) is 0 Å². The summed E-state index contributed by atoms with van der Waals surface area (Å²) in [6.07, 6.45) is 33.7. The summed E-state index contributed by atoms with van der Waals surface area (Å²) in [6, 6.07) is 0. The fourth-order valence-electron chi connectivity index (χ4n) is 6.32. The lowest BCUT2D eigenvalue weighted by atomic mass is 9.71. The molecule has 1 atom stereocenters. The Labute approximate surface area is 253 Å². The molecule has 0 aromatic rings. The molecular formula is C40H58O. The third-order valence-corrected chi connectivity index (χ3v) is 8.73. The van der Waals surface area contributed by atoms with E-state index in [2.05, 4.69) is 142 Å². The van der Waals surface area contributed by atoms with E-state index in [-0.39, 0.29) is 11.5 Å². The quantitative estimate of drug-likeness (QED) is 0.199. The van der Waals surface area contributed by atoms with Gasteiger partial charge in [-0.05, 0) is 103 Å². The average Bonchev–Trinajstić information content (AvgIpc) is 2.84. The third kappa shape index (κ3) is 12.0. The van der Waals surface area contributed by atoms with Crippen LogP contribution in [0.25, 0.3) is 0 Å². The minimum absolute atomic E-state index is 0.0154. The standard InChI is InChI=1S/C40H58O/c1-30(18-13-20-32(3)23-25-37-34(5)22-15-27-39(37,7)8)16-11-12-17-31(2)19-14-21-33(4)24-26-38-35(6)28-36(41)29-40(38,9)10/h11-14,16-21,24,26,36,41H,15,22-23,25,27-29H2,1-10H3. The largest absolute Gasteiger partial charge is 0.393 e. The zero-order valence-electron chi connectivity index (χ0n) is 27.9. The van der Waals surface area contributed by atoms with Gasteiger partial charge < -0.3 is 5.11 Å². The van der Waals surface area contributed by atoms with Crippen molar-refractivity contribution in [3.8, 4) is 0 Å². The highest BCUT2D eigenvalue weighted by Crippen LogP contribution is 2.43. The Hall–Kier alpha value is -2.64. The van der Waals surface area contributed by atoms with E-state index in [4.69, 9.17) is 0 Å². The first-order valence-electron chi connectivity index (χ1n) is 15.7. The topological polar surface area (TPSA) is 20.2 Å². The van der Waals surface area contributed by atoms with Crippen LogP contribution in [0.5, 0.6) is 0 Å². The smallest absolute Gasteiger partial charge is 0.0585 e. The molecule has 224 valence electrons. The molecule has 1 N–H and O–H groups in total. The Kier molecular flexibility index (Phi) is 13.6. The lowest BCUT2D eigenvalue weighted by Crippen LogP contribution is -2.28. The molecule has 0 amide bonds. The first-order valence-corrected chi connectivity index (χ1v) is 15.7. The second kappa shape index (κ2) is 16.1. The molecule has 1 nitrogen and oxygen atoms in total. The van der Waals surface area contributed by atoms with Crippen LogP contribution in [0.2, 0.25) is 0 Å². The van der Waals surface area contributed by atoms with E-state index in [9.17, 15) is 5.11 Å². The molecule has 1 heteroatoms. The first-order chi connectivity index (χ1) is 19.2. The minimum atomic E-state index is -0.218. The van der Waals surface area contributed by atoms with Crippen LogP contribution in [0.15, 0.2) is 117 Å². The van der Waals surface area contributed by atoms with Gasteiger partial charge in [0.1, 0.15) is 0 Å². The maximum atomic E-state index is 10.1. The van der Waals surface area contributed by atoms with Crippen LogP contribution in [-0.2, 0) is 0 Å². The van der Waals surface area contributed by atoms with Gasteiger partial charge in [-0.3, -0.25) is 0 Å². The lowest BCUT2D eigenvalue weighted by molar-refractivity contribution is 0.116. The molecule has 0 aromatic heterocycles. The van der Waals surface area contributed by atoms with Crippen LogP contribution in [-0.4, -0.2) is 11.2 Å². The number of hydrogen-bond acceptors (Lipinski definition) is 1. The zero-order valence-corrected chi connectivity index (χ0v) is 27.9. The van der Waals surface area contributed by atoms with Crippen LogP contribution >= 0.6 is 0 Å². The Morgan fingerprint density at radius 2 is 1.32 bits per heavy atom. The fraction of sp³-hybridized carbons (Fsp3) is 0.500. The Morgan fingerprint density at radius 3 is 1.90 bits per heavy atom. The van der Waals surface area contributed by atoms with Crippen molar-refractivity contribution in [1.29, 1.82) is 0 Å². The van der Waals surface area contributed by atoms with Crippen LogP contribution in [0.3, 0.4) is 0 Å². The maximum Gasteiger partial charge on any atom is 0.0585 e. The molecule has 41 heavy (non-hydrogen) atoms. The number of allylic oxidation sites excluding steroid dienone is 19. The molecule has 0 heterocycles. The van der Waals surface area contributed by atoms with Gasteiger partial charge in [0.25, 0.3) is 0 Å². The highest BCUT2D eigenvalue weighted by molar-refractivity contribution is 5.38. The molecule has 2 aliphatic rings. The van der Waals surface area contributed by atoms with Gasteiger partial charge in [-0.2, -0.15) is 0 Å². The summed E-state index contributed by atoms with van der Waals surface area (Å²) in [5.41, 5.74) is 11.5. The van der Waals surface area contributed by atoms with E-state index >= 15 is 0 Å². The minimum Gasteiger partial charge on any atom is -0.393 e. The lowest BCUT2D eigenvalue weighted by Gasteiger charge is -2.35. The summed E-state index contributed by atoms with van der Waals surface area (Å²) in [7, 11) is 0. The van der Waals surface area contributed by atoms with Crippen molar-refractivity contribution in [2.24, 2.45) is 10.8 Å². The molecular weight excluding hydrogens is 496 g/mol. The summed E-state index contributed by atoms with van der Waals surface area (Å²) in [5.74, 6) is 0. The molecule has 0 aromatic carbocycles. The summed E-state index contributed by atoms with van der Waals surface area (Å²) >= 11 is 0. The van der Waals surface area contributed by atoms with Gasteiger partial charge >= 0.3 is 0 Å². The van der Waals surface area contributed by atoms with Crippen molar-refractivity contribution in [3.05, 3.63) is 117 Å². The number of hydrogen-bond donors (Lipinski definition) is 1. The highest BCUT2D eigenvalue weighted by Gasteiger charge is 2.31. The molecule has 0 fully saturated rings. The first kappa shape index (κ1) is 34.6. The molecule has 2 rings (SSSR count). The second-order valence-corrected chi connectivity index (χ2v) is 13.8. The predicted octanol–water partition coefficient (Wildman–Crippen LogP) is 11.8. The van der Waals surface area contributed by atoms with E-state index in [1.165, 1.54) is 59.1 Å². The van der Waals surface area contributed by atoms with Crippen molar-refractivity contribution in [2.75, 3.05) is 0 Å². The van der Waals surface area contributed by atoms with Gasteiger partial charge in [-0.1, -0.05) is 140 Å². The average molecular weight is 555 g/mol. The molecule has 0 saturated carbocycles. The van der Waals surface area contributed by atoms with Crippen LogP contribution in [0.4, 0.5) is 0 Å². The van der Waals surface area contributed by atoms with Crippen LogP contribution in [0.1, 0.15) is 114 Å². The van der Waals surface area contributed by atoms with Crippen molar-refractivity contribution >= 4 is 0 Å². The van der Waals surface area contributed by atoms with E-state index in [0.717, 1.165) is 19.3 Å². The van der Waals surface area contributed by atoms with Crippen molar-refractivity contribution < 1.29 is 5.11 Å². The van der Waals surface area contributed by atoms with Crippen LogP contribution in [0, 0.1) is 10.8 Å².